The fourth-order valence-electron chi connectivity index (χ4n) is 1.44. The molecular weight excluding hydrogens is 353 g/mol. The van der Waals surface area contributed by atoms with Crippen LogP contribution < -0.4 is 10.6 Å². The first-order valence-electron chi connectivity index (χ1n) is 5.64. The zero-order valence-corrected chi connectivity index (χ0v) is 13.4. The Balaban J connectivity index is 2.02. The van der Waals surface area contributed by atoms with Crippen molar-refractivity contribution in [1.29, 1.82) is 0 Å². The van der Waals surface area contributed by atoms with Gasteiger partial charge in [0.05, 0.1) is 15.6 Å². The molecule has 1 aromatic carbocycles. The van der Waals surface area contributed by atoms with Crippen LogP contribution in [0.2, 0.25) is 15.1 Å². The number of benzene rings is 1. The van der Waals surface area contributed by atoms with Gasteiger partial charge in [0.1, 0.15) is 5.82 Å². The van der Waals surface area contributed by atoms with Gasteiger partial charge in [0.15, 0.2) is 5.11 Å². The smallest absolute Gasteiger partial charge is 0.258 e. The van der Waals surface area contributed by atoms with Crippen LogP contribution >= 0.6 is 47.0 Å². The van der Waals surface area contributed by atoms with Crippen LogP contribution in [0.4, 0.5) is 5.82 Å². The number of hydrogen-bond acceptors (Lipinski definition) is 3. The van der Waals surface area contributed by atoms with E-state index in [1.165, 1.54) is 18.3 Å². The van der Waals surface area contributed by atoms with E-state index in [9.17, 15) is 4.79 Å². The van der Waals surface area contributed by atoms with E-state index in [1.807, 2.05) is 0 Å². The van der Waals surface area contributed by atoms with Crippen molar-refractivity contribution in [3.05, 3.63) is 57.2 Å². The van der Waals surface area contributed by atoms with Crippen molar-refractivity contribution >= 4 is 63.9 Å². The van der Waals surface area contributed by atoms with Crippen molar-refractivity contribution in [2.75, 3.05) is 5.32 Å². The minimum atomic E-state index is -0.442. The van der Waals surface area contributed by atoms with Crippen molar-refractivity contribution in [3.63, 3.8) is 0 Å². The molecule has 0 unspecified atom stereocenters. The summed E-state index contributed by atoms with van der Waals surface area (Å²) in [5.41, 5.74) is 0.272. The maximum Gasteiger partial charge on any atom is 0.258 e. The van der Waals surface area contributed by atoms with Gasteiger partial charge in [0, 0.05) is 11.2 Å². The van der Waals surface area contributed by atoms with E-state index < -0.39 is 5.91 Å². The Hall–Kier alpha value is -1.40. The lowest BCUT2D eigenvalue weighted by Gasteiger charge is -2.09. The SMILES string of the molecule is O=C(NC(=S)Nc1ccc(Cl)cn1)c1ccc(Cl)cc1Cl. The highest BCUT2D eigenvalue weighted by molar-refractivity contribution is 7.80. The molecule has 0 aliphatic rings. The summed E-state index contributed by atoms with van der Waals surface area (Å²) in [5.74, 6) is 0.0232. The fraction of sp³-hybridized carbons (Fsp3) is 0. The highest BCUT2D eigenvalue weighted by Gasteiger charge is 2.12. The van der Waals surface area contributed by atoms with Crippen LogP contribution in [-0.4, -0.2) is 16.0 Å². The van der Waals surface area contributed by atoms with Crippen molar-refractivity contribution < 1.29 is 4.79 Å². The van der Waals surface area contributed by atoms with Crippen LogP contribution in [0.25, 0.3) is 0 Å². The first-order valence-corrected chi connectivity index (χ1v) is 7.19. The predicted octanol–water partition coefficient (Wildman–Crippen LogP) is 4.17. The first-order chi connectivity index (χ1) is 9.95. The van der Waals surface area contributed by atoms with Crippen LogP contribution in [0.1, 0.15) is 10.4 Å². The fourth-order valence-corrected chi connectivity index (χ4v) is 2.24. The second-order valence-electron chi connectivity index (χ2n) is 3.89. The average Bonchev–Trinajstić information content (AvgIpc) is 2.41. The molecule has 0 saturated heterocycles. The van der Waals surface area contributed by atoms with Gasteiger partial charge in [-0.3, -0.25) is 10.1 Å². The minimum Gasteiger partial charge on any atom is -0.317 e. The molecule has 21 heavy (non-hydrogen) atoms. The molecule has 1 heterocycles. The van der Waals surface area contributed by atoms with E-state index in [1.54, 1.807) is 18.2 Å². The second-order valence-corrected chi connectivity index (χ2v) is 5.58. The number of rotatable bonds is 2. The number of aromatic nitrogens is 1. The maximum absolute atomic E-state index is 12.0. The number of carbonyl (C=O) groups excluding carboxylic acids is 1. The van der Waals surface area contributed by atoms with Crippen molar-refractivity contribution in [1.82, 2.24) is 10.3 Å². The third-order valence-corrected chi connectivity index (χ3v) is 3.35. The van der Waals surface area contributed by atoms with Crippen LogP contribution in [0.15, 0.2) is 36.5 Å². The Morgan fingerprint density at radius 2 is 1.81 bits per heavy atom. The van der Waals surface area contributed by atoms with Gasteiger partial charge in [-0.1, -0.05) is 34.8 Å². The van der Waals surface area contributed by atoms with Gasteiger partial charge in [-0.15, -0.1) is 0 Å². The molecule has 2 rings (SSSR count). The predicted molar refractivity (Wildman–Crippen MR) is 89.4 cm³/mol. The Kier molecular flexibility index (Phi) is 5.36. The molecule has 8 heteroatoms. The molecule has 2 aromatic rings. The Morgan fingerprint density at radius 3 is 2.43 bits per heavy atom. The number of thiocarbonyl (C=S) groups is 1. The van der Waals surface area contributed by atoms with Gasteiger partial charge in [-0.25, -0.2) is 4.98 Å². The summed E-state index contributed by atoms with van der Waals surface area (Å²) in [6.45, 7) is 0. The number of halogens is 3. The highest BCUT2D eigenvalue weighted by Crippen LogP contribution is 2.20. The van der Waals surface area contributed by atoms with Gasteiger partial charge >= 0.3 is 0 Å². The summed E-state index contributed by atoms with van der Waals surface area (Å²) in [7, 11) is 0. The Labute approximate surface area is 141 Å². The molecule has 1 amide bonds. The number of pyridine rings is 1. The summed E-state index contributed by atoms with van der Waals surface area (Å²) >= 11 is 22.5. The van der Waals surface area contributed by atoms with E-state index in [-0.39, 0.29) is 15.7 Å². The highest BCUT2D eigenvalue weighted by atomic mass is 35.5. The first kappa shape index (κ1) is 16.0. The molecule has 0 aliphatic carbocycles. The lowest BCUT2D eigenvalue weighted by Crippen LogP contribution is -2.34. The summed E-state index contributed by atoms with van der Waals surface area (Å²) < 4.78 is 0. The third kappa shape index (κ3) is 4.54. The lowest BCUT2D eigenvalue weighted by molar-refractivity contribution is 0.0978. The normalized spacial score (nSPS) is 10.0. The van der Waals surface area contributed by atoms with Crippen LogP contribution in [0.5, 0.6) is 0 Å². The van der Waals surface area contributed by atoms with E-state index in [0.717, 1.165) is 0 Å². The molecule has 0 atom stereocenters. The monoisotopic (exact) mass is 359 g/mol. The molecule has 1 aromatic heterocycles. The lowest BCUT2D eigenvalue weighted by atomic mass is 10.2. The number of amides is 1. The van der Waals surface area contributed by atoms with Gasteiger partial charge in [0.25, 0.3) is 5.91 Å². The Morgan fingerprint density at radius 1 is 1.10 bits per heavy atom. The number of anilines is 1. The molecule has 0 spiro atoms. The molecule has 0 bridgehead atoms. The Bertz CT molecular complexity index is 692. The van der Waals surface area contributed by atoms with Crippen molar-refractivity contribution in [2.45, 2.75) is 0 Å². The van der Waals surface area contributed by atoms with E-state index in [4.69, 9.17) is 47.0 Å². The standard InChI is InChI=1S/C13H8Cl3N3OS/c14-7-1-3-9(10(16)5-7)12(20)19-13(21)18-11-4-2-8(15)6-17-11/h1-6H,(H2,17,18,19,20,21). The maximum atomic E-state index is 12.0. The summed E-state index contributed by atoms with van der Waals surface area (Å²) in [6.07, 6.45) is 1.46. The minimum absolute atomic E-state index is 0.0980. The van der Waals surface area contributed by atoms with Gasteiger partial charge in [-0.2, -0.15) is 0 Å². The molecule has 108 valence electrons. The molecule has 0 saturated carbocycles. The molecule has 0 fully saturated rings. The summed E-state index contributed by atoms with van der Waals surface area (Å²) in [6, 6.07) is 7.85. The summed E-state index contributed by atoms with van der Waals surface area (Å²) in [5, 5.41) is 6.55. The number of nitrogens with one attached hydrogen (secondary N) is 2. The average molecular weight is 361 g/mol. The van der Waals surface area contributed by atoms with Crippen molar-refractivity contribution in [3.8, 4) is 0 Å². The largest absolute Gasteiger partial charge is 0.317 e. The van der Waals surface area contributed by atoms with Gasteiger partial charge in [-0.05, 0) is 42.5 Å². The quantitative estimate of drug-likeness (QED) is 0.789. The van der Waals surface area contributed by atoms with E-state index in [2.05, 4.69) is 15.6 Å². The zero-order valence-electron chi connectivity index (χ0n) is 10.4. The van der Waals surface area contributed by atoms with Crippen LogP contribution in [0.3, 0.4) is 0 Å². The molecule has 4 nitrogen and oxygen atoms in total. The number of nitrogens with zero attached hydrogens (tertiary/aromatic N) is 1. The summed E-state index contributed by atoms with van der Waals surface area (Å²) in [4.78, 5) is 16.0. The van der Waals surface area contributed by atoms with E-state index >= 15 is 0 Å². The van der Waals surface area contributed by atoms with Crippen LogP contribution in [-0.2, 0) is 0 Å². The van der Waals surface area contributed by atoms with Gasteiger partial charge < -0.3 is 5.32 Å². The zero-order chi connectivity index (χ0) is 15.4. The molecule has 0 aliphatic heterocycles. The topological polar surface area (TPSA) is 54.0 Å². The molecule has 0 radical (unpaired) electrons. The van der Waals surface area contributed by atoms with Gasteiger partial charge in [0.2, 0.25) is 0 Å². The number of hydrogen-bond donors (Lipinski definition) is 2. The third-order valence-electron chi connectivity index (χ3n) is 2.37. The van der Waals surface area contributed by atoms with Crippen molar-refractivity contribution in [2.24, 2.45) is 0 Å². The van der Waals surface area contributed by atoms with E-state index in [0.29, 0.717) is 15.9 Å². The van der Waals surface area contributed by atoms with Crippen LogP contribution in [0, 0.1) is 0 Å². The molecular formula is C13H8Cl3N3OS. The number of carbonyl (C=O) groups is 1. The molecule has 2 N–H and O–H groups in total. The second kappa shape index (κ2) is 7.04.